The highest BCUT2D eigenvalue weighted by Gasteiger charge is 2.28. The largest absolute Gasteiger partial charge is 0.432 e. The Bertz CT molecular complexity index is 1600. The Morgan fingerprint density at radius 2 is 1.81 bits per heavy atom. The summed E-state index contributed by atoms with van der Waals surface area (Å²) in [6, 6.07) is 16.6. The fourth-order valence-electron chi connectivity index (χ4n) is 5.00. The molecule has 2 amide bonds. The van der Waals surface area contributed by atoms with Crippen molar-refractivity contribution < 1.29 is 27.8 Å². The van der Waals surface area contributed by atoms with Gasteiger partial charge in [0.15, 0.2) is 0 Å². The number of morpholine rings is 1. The highest BCUT2D eigenvalue weighted by Crippen LogP contribution is 2.32. The molecule has 0 radical (unpaired) electrons. The quantitative estimate of drug-likeness (QED) is 0.244. The van der Waals surface area contributed by atoms with E-state index < -0.39 is 18.1 Å². The molecular formula is C31H31ClF2N4O4. The number of para-hydroxylation sites is 1. The number of carbonyl (C=O) groups excluding carboxylic acids is 2. The van der Waals surface area contributed by atoms with Crippen LogP contribution in [-0.2, 0) is 11.2 Å². The van der Waals surface area contributed by atoms with Crippen molar-refractivity contribution in [1.29, 1.82) is 0 Å². The van der Waals surface area contributed by atoms with Crippen molar-refractivity contribution in [3.63, 3.8) is 0 Å². The standard InChI is InChI=1S/C31H31ClF2N4O4/c1-31(33,34)42-28-9-7-19(20-6-8-24(26(32)16-20)30(40)38-10-12-41-13-11-38)15-25(28)29(39)37-22(17-35)14-21-18-36-27-5-3-2-4-23(21)27/h2-9,15-16,18,22,36H,10-14,17,35H2,1H3,(H,37,39). The molecule has 1 aliphatic rings. The van der Waals surface area contributed by atoms with E-state index in [-0.39, 0.29) is 28.8 Å². The van der Waals surface area contributed by atoms with Gasteiger partial charge in [0.2, 0.25) is 0 Å². The molecule has 1 unspecified atom stereocenters. The average molecular weight is 597 g/mol. The van der Waals surface area contributed by atoms with E-state index in [1.807, 2.05) is 30.5 Å². The average Bonchev–Trinajstić information content (AvgIpc) is 3.39. The molecular weight excluding hydrogens is 566 g/mol. The number of nitrogens with one attached hydrogen (secondary N) is 2. The van der Waals surface area contributed by atoms with Gasteiger partial charge in [0.05, 0.1) is 29.4 Å². The number of aromatic amines is 1. The molecule has 8 nitrogen and oxygen atoms in total. The molecule has 1 aromatic heterocycles. The van der Waals surface area contributed by atoms with E-state index in [0.717, 1.165) is 16.5 Å². The number of nitrogens with two attached hydrogens (primary N) is 1. The summed E-state index contributed by atoms with van der Waals surface area (Å²) >= 11 is 6.51. The number of alkyl halides is 2. The van der Waals surface area contributed by atoms with Crippen LogP contribution in [-0.4, -0.2) is 66.7 Å². The summed E-state index contributed by atoms with van der Waals surface area (Å²) in [6.45, 7) is 2.60. The Morgan fingerprint density at radius 1 is 1.10 bits per heavy atom. The van der Waals surface area contributed by atoms with Crippen molar-refractivity contribution in [2.75, 3.05) is 32.8 Å². The normalized spacial score (nSPS) is 14.5. The van der Waals surface area contributed by atoms with Crippen LogP contribution in [0.4, 0.5) is 8.78 Å². The minimum atomic E-state index is -3.52. The van der Waals surface area contributed by atoms with Crippen LogP contribution >= 0.6 is 11.6 Å². The molecule has 1 fully saturated rings. The maximum atomic E-state index is 13.9. The Morgan fingerprint density at radius 3 is 2.52 bits per heavy atom. The highest BCUT2D eigenvalue weighted by molar-refractivity contribution is 6.34. The summed E-state index contributed by atoms with van der Waals surface area (Å²) in [4.78, 5) is 31.3. The van der Waals surface area contributed by atoms with Gasteiger partial charge in [-0.05, 0) is 53.4 Å². The Balaban J connectivity index is 1.41. The van der Waals surface area contributed by atoms with E-state index >= 15 is 0 Å². The third kappa shape index (κ3) is 6.73. The van der Waals surface area contributed by atoms with Crippen molar-refractivity contribution in [3.05, 3.63) is 88.6 Å². The van der Waals surface area contributed by atoms with Gasteiger partial charge in [-0.3, -0.25) is 9.59 Å². The molecule has 4 N–H and O–H groups in total. The number of H-pyrrole nitrogens is 1. The Hall–Kier alpha value is -3.99. The third-order valence-corrected chi connectivity index (χ3v) is 7.42. The molecule has 11 heteroatoms. The number of hydrogen-bond acceptors (Lipinski definition) is 5. The molecule has 1 atom stereocenters. The lowest BCUT2D eigenvalue weighted by molar-refractivity contribution is -0.159. The number of aromatic nitrogens is 1. The van der Waals surface area contributed by atoms with Gasteiger partial charge in [0.25, 0.3) is 11.8 Å². The van der Waals surface area contributed by atoms with Crippen LogP contribution in [0.1, 0.15) is 33.2 Å². The lowest BCUT2D eigenvalue weighted by Crippen LogP contribution is -2.42. The third-order valence-electron chi connectivity index (χ3n) is 7.11. The Kier molecular flexibility index (Phi) is 8.77. The zero-order valence-corrected chi connectivity index (χ0v) is 23.7. The van der Waals surface area contributed by atoms with Crippen LogP contribution in [0.15, 0.2) is 66.9 Å². The van der Waals surface area contributed by atoms with Crippen LogP contribution in [0.25, 0.3) is 22.0 Å². The number of hydrogen-bond donors (Lipinski definition) is 3. The molecule has 5 rings (SSSR count). The number of nitrogens with zero attached hydrogens (tertiary/aromatic N) is 1. The van der Waals surface area contributed by atoms with Crippen LogP contribution in [0, 0.1) is 0 Å². The van der Waals surface area contributed by atoms with Gasteiger partial charge in [-0.25, -0.2) is 0 Å². The number of fused-ring (bicyclic) bond motifs is 1. The molecule has 0 saturated carbocycles. The van der Waals surface area contributed by atoms with Crippen molar-refractivity contribution in [1.82, 2.24) is 15.2 Å². The first-order chi connectivity index (χ1) is 20.1. The number of halogens is 3. The number of ether oxygens (including phenoxy) is 2. The fourth-order valence-corrected chi connectivity index (χ4v) is 5.26. The van der Waals surface area contributed by atoms with Gasteiger partial charge >= 0.3 is 6.11 Å². The Labute approximate surface area is 246 Å². The molecule has 0 spiro atoms. The van der Waals surface area contributed by atoms with Gasteiger partial charge in [-0.15, -0.1) is 0 Å². The first kappa shape index (κ1) is 29.5. The molecule has 220 valence electrons. The van der Waals surface area contributed by atoms with Crippen molar-refractivity contribution in [2.45, 2.75) is 25.5 Å². The van der Waals surface area contributed by atoms with Gasteiger partial charge in [-0.2, -0.15) is 8.78 Å². The second-order valence-electron chi connectivity index (χ2n) is 10.2. The number of carbonyl (C=O) groups is 2. The van der Waals surface area contributed by atoms with Crippen LogP contribution in [0.2, 0.25) is 5.02 Å². The minimum absolute atomic E-state index is 0.0870. The van der Waals surface area contributed by atoms with Gasteiger partial charge < -0.3 is 30.4 Å². The molecule has 3 aromatic carbocycles. The van der Waals surface area contributed by atoms with E-state index in [9.17, 15) is 18.4 Å². The fraction of sp³-hybridized carbons (Fsp3) is 0.290. The maximum Gasteiger partial charge on any atom is 0.394 e. The second kappa shape index (κ2) is 12.5. The zero-order chi connectivity index (χ0) is 29.9. The van der Waals surface area contributed by atoms with E-state index in [0.29, 0.717) is 56.3 Å². The molecule has 0 aliphatic carbocycles. The molecule has 1 aliphatic heterocycles. The van der Waals surface area contributed by atoms with E-state index in [1.54, 1.807) is 29.2 Å². The van der Waals surface area contributed by atoms with Crippen LogP contribution in [0.5, 0.6) is 5.75 Å². The smallest absolute Gasteiger partial charge is 0.394 e. The summed E-state index contributed by atoms with van der Waals surface area (Å²) in [5, 5.41) is 4.12. The van der Waals surface area contributed by atoms with Crippen LogP contribution in [0.3, 0.4) is 0 Å². The van der Waals surface area contributed by atoms with Gasteiger partial charge in [-0.1, -0.05) is 41.9 Å². The summed E-state index contributed by atoms with van der Waals surface area (Å²) in [5.41, 5.74) is 9.30. The maximum absolute atomic E-state index is 13.9. The van der Waals surface area contributed by atoms with Gasteiger partial charge in [0.1, 0.15) is 5.75 Å². The lowest BCUT2D eigenvalue weighted by atomic mass is 9.99. The molecule has 42 heavy (non-hydrogen) atoms. The summed E-state index contributed by atoms with van der Waals surface area (Å²) in [7, 11) is 0. The summed E-state index contributed by atoms with van der Waals surface area (Å²) in [5.74, 6) is -1.10. The van der Waals surface area contributed by atoms with E-state index in [4.69, 9.17) is 26.8 Å². The van der Waals surface area contributed by atoms with Crippen molar-refractivity contribution in [2.24, 2.45) is 5.73 Å². The SMILES string of the molecule is CC(F)(F)Oc1ccc(-c2ccc(C(=O)N3CCOCC3)c(Cl)c2)cc1C(=O)NC(CN)Cc1c[nH]c2ccccc12. The number of rotatable bonds is 9. The molecule has 4 aromatic rings. The number of benzene rings is 3. The van der Waals surface area contributed by atoms with Crippen molar-refractivity contribution in [3.8, 4) is 16.9 Å². The van der Waals surface area contributed by atoms with Gasteiger partial charge in [0, 0.05) is 49.7 Å². The molecule has 0 bridgehead atoms. The predicted octanol–water partition coefficient (Wildman–Crippen LogP) is 5.25. The zero-order valence-electron chi connectivity index (χ0n) is 23.0. The second-order valence-corrected chi connectivity index (χ2v) is 10.6. The monoisotopic (exact) mass is 596 g/mol. The van der Waals surface area contributed by atoms with Crippen LogP contribution < -0.4 is 15.8 Å². The first-order valence-electron chi connectivity index (χ1n) is 13.6. The minimum Gasteiger partial charge on any atom is -0.432 e. The van der Waals surface area contributed by atoms with Crippen molar-refractivity contribution >= 4 is 34.3 Å². The first-order valence-corrected chi connectivity index (χ1v) is 13.9. The van der Waals surface area contributed by atoms with E-state index in [2.05, 4.69) is 10.3 Å². The summed E-state index contributed by atoms with van der Waals surface area (Å²) in [6.07, 6.45) is -1.22. The topological polar surface area (TPSA) is 110 Å². The number of amides is 2. The van der Waals surface area contributed by atoms with E-state index in [1.165, 1.54) is 12.1 Å². The predicted molar refractivity (Wildman–Crippen MR) is 157 cm³/mol. The molecule has 1 saturated heterocycles. The lowest BCUT2D eigenvalue weighted by Gasteiger charge is -2.27. The highest BCUT2D eigenvalue weighted by atomic mass is 35.5. The molecule has 2 heterocycles. The summed E-state index contributed by atoms with van der Waals surface area (Å²) < 4.78 is 37.9.